The Bertz CT molecular complexity index is 453. The van der Waals surface area contributed by atoms with Gasteiger partial charge < -0.3 is 24.4 Å². The molecule has 0 radical (unpaired) electrons. The molecular formula is C17H28N2O5. The van der Waals surface area contributed by atoms with Crippen LogP contribution in [0.5, 0.6) is 0 Å². The lowest BCUT2D eigenvalue weighted by molar-refractivity contribution is -0.128. The number of amides is 2. The highest BCUT2D eigenvalue weighted by Gasteiger charge is 2.27. The van der Waals surface area contributed by atoms with Crippen LogP contribution in [0.3, 0.4) is 0 Å². The van der Waals surface area contributed by atoms with Crippen LogP contribution in [0.25, 0.3) is 0 Å². The lowest BCUT2D eigenvalue weighted by Crippen LogP contribution is -2.34. The highest BCUT2D eigenvalue weighted by atomic mass is 16.6. The summed E-state index contributed by atoms with van der Waals surface area (Å²) < 4.78 is 15.9. The minimum atomic E-state index is -0.504. The lowest BCUT2D eigenvalue weighted by Gasteiger charge is -2.19. The second-order valence-electron chi connectivity index (χ2n) is 6.56. The number of hydrogen-bond donors (Lipinski definition) is 1. The van der Waals surface area contributed by atoms with Gasteiger partial charge in [0.1, 0.15) is 5.60 Å². The molecule has 0 bridgehead atoms. The van der Waals surface area contributed by atoms with Gasteiger partial charge in [-0.3, -0.25) is 4.79 Å². The normalized spacial score (nSPS) is 17.7. The average molecular weight is 340 g/mol. The Labute approximate surface area is 144 Å². The summed E-state index contributed by atoms with van der Waals surface area (Å²) >= 11 is 0. The fourth-order valence-electron chi connectivity index (χ4n) is 2.14. The Hall–Kier alpha value is -1.78. The summed E-state index contributed by atoms with van der Waals surface area (Å²) in [6.07, 6.45) is 5.31. The third-order valence-electron chi connectivity index (χ3n) is 3.24. The van der Waals surface area contributed by atoms with Gasteiger partial charge in [-0.2, -0.15) is 0 Å². The minimum Gasteiger partial charge on any atom is -0.444 e. The smallest absolute Gasteiger partial charge is 0.407 e. The first kappa shape index (κ1) is 20.3. The van der Waals surface area contributed by atoms with Gasteiger partial charge in [-0.1, -0.05) is 0 Å². The molecule has 2 amide bonds. The zero-order chi connectivity index (χ0) is 18.0. The van der Waals surface area contributed by atoms with Gasteiger partial charge in [-0.15, -0.1) is 12.3 Å². The molecule has 7 nitrogen and oxygen atoms in total. The van der Waals surface area contributed by atoms with Crippen LogP contribution in [0.1, 0.15) is 27.2 Å². The van der Waals surface area contributed by atoms with Crippen LogP contribution in [-0.4, -0.2) is 68.6 Å². The molecule has 1 N–H and O–H groups in total. The van der Waals surface area contributed by atoms with Crippen molar-refractivity contribution in [2.75, 3.05) is 46.1 Å². The molecule has 0 saturated carbocycles. The van der Waals surface area contributed by atoms with E-state index in [1.54, 1.807) is 4.90 Å². The van der Waals surface area contributed by atoms with Crippen molar-refractivity contribution in [1.82, 2.24) is 10.2 Å². The van der Waals surface area contributed by atoms with Crippen molar-refractivity contribution in [2.45, 2.75) is 32.8 Å². The number of terminal acetylenes is 1. The summed E-state index contributed by atoms with van der Waals surface area (Å²) in [4.78, 5) is 24.7. The van der Waals surface area contributed by atoms with Crippen LogP contribution in [0, 0.1) is 18.3 Å². The number of ether oxygens (including phenoxy) is 3. The molecule has 1 fully saturated rings. The Kier molecular flexibility index (Phi) is 8.58. The number of carbonyl (C=O) groups excluding carboxylic acids is 2. The van der Waals surface area contributed by atoms with E-state index in [-0.39, 0.29) is 11.8 Å². The maximum Gasteiger partial charge on any atom is 0.407 e. The largest absolute Gasteiger partial charge is 0.444 e. The second-order valence-corrected chi connectivity index (χ2v) is 6.56. The summed E-state index contributed by atoms with van der Waals surface area (Å²) in [5.74, 6) is 2.73. The van der Waals surface area contributed by atoms with Crippen molar-refractivity contribution in [3.63, 3.8) is 0 Å². The van der Waals surface area contributed by atoms with Crippen LogP contribution < -0.4 is 5.32 Å². The van der Waals surface area contributed by atoms with Crippen molar-refractivity contribution >= 4 is 12.0 Å². The number of nitrogens with one attached hydrogen (secondary N) is 1. The molecule has 1 rings (SSSR count). The summed E-state index contributed by atoms with van der Waals surface area (Å²) in [7, 11) is 0. The van der Waals surface area contributed by atoms with Crippen molar-refractivity contribution in [3.8, 4) is 12.3 Å². The van der Waals surface area contributed by atoms with E-state index >= 15 is 0 Å². The van der Waals surface area contributed by atoms with E-state index in [0.29, 0.717) is 52.5 Å². The molecule has 1 saturated heterocycles. The van der Waals surface area contributed by atoms with Crippen LogP contribution in [0.2, 0.25) is 0 Å². The van der Waals surface area contributed by atoms with E-state index < -0.39 is 11.7 Å². The zero-order valence-corrected chi connectivity index (χ0v) is 14.8. The Morgan fingerprint density at radius 1 is 1.29 bits per heavy atom. The highest BCUT2D eigenvalue weighted by Crippen LogP contribution is 2.15. The molecule has 0 aromatic carbocycles. The van der Waals surface area contributed by atoms with Gasteiger partial charge in [-0.05, 0) is 20.8 Å². The van der Waals surface area contributed by atoms with Crippen LogP contribution in [0.15, 0.2) is 0 Å². The monoisotopic (exact) mass is 340 g/mol. The second kappa shape index (κ2) is 10.2. The SMILES string of the molecule is C#CC1CC(=O)N(CCOCCOCCNC(=O)OC(C)(C)C)C1. The zero-order valence-electron chi connectivity index (χ0n) is 14.8. The van der Waals surface area contributed by atoms with Crippen LogP contribution >= 0.6 is 0 Å². The van der Waals surface area contributed by atoms with Crippen molar-refractivity contribution in [1.29, 1.82) is 0 Å². The molecule has 24 heavy (non-hydrogen) atoms. The van der Waals surface area contributed by atoms with E-state index in [1.807, 2.05) is 20.8 Å². The summed E-state index contributed by atoms with van der Waals surface area (Å²) in [5, 5.41) is 2.61. The first-order valence-corrected chi connectivity index (χ1v) is 8.18. The third-order valence-corrected chi connectivity index (χ3v) is 3.24. The fraction of sp³-hybridized carbons (Fsp3) is 0.765. The van der Waals surface area contributed by atoms with E-state index in [2.05, 4.69) is 11.2 Å². The maximum atomic E-state index is 11.6. The van der Waals surface area contributed by atoms with Gasteiger partial charge in [0.25, 0.3) is 0 Å². The number of carbonyl (C=O) groups is 2. The van der Waals surface area contributed by atoms with E-state index in [4.69, 9.17) is 20.6 Å². The Morgan fingerprint density at radius 3 is 2.54 bits per heavy atom. The highest BCUT2D eigenvalue weighted by molar-refractivity contribution is 5.79. The molecule has 1 unspecified atom stereocenters. The first-order valence-electron chi connectivity index (χ1n) is 8.18. The van der Waals surface area contributed by atoms with Crippen molar-refractivity contribution in [3.05, 3.63) is 0 Å². The van der Waals surface area contributed by atoms with Crippen LogP contribution in [0.4, 0.5) is 4.79 Å². The molecule has 136 valence electrons. The molecule has 1 aliphatic heterocycles. The number of alkyl carbamates (subject to hydrolysis) is 1. The van der Waals surface area contributed by atoms with E-state index in [9.17, 15) is 9.59 Å². The van der Waals surface area contributed by atoms with Gasteiger partial charge in [-0.25, -0.2) is 4.79 Å². The molecular weight excluding hydrogens is 312 g/mol. The number of nitrogens with zero attached hydrogens (tertiary/aromatic N) is 1. The molecule has 0 aromatic rings. The first-order chi connectivity index (χ1) is 11.3. The predicted molar refractivity (Wildman–Crippen MR) is 89.4 cm³/mol. The summed E-state index contributed by atoms with van der Waals surface area (Å²) in [6, 6.07) is 0. The van der Waals surface area contributed by atoms with Gasteiger partial charge in [0.15, 0.2) is 0 Å². The van der Waals surface area contributed by atoms with Gasteiger partial charge in [0, 0.05) is 32.0 Å². The number of hydrogen-bond acceptors (Lipinski definition) is 5. The van der Waals surface area contributed by atoms with E-state index in [1.165, 1.54) is 0 Å². The topological polar surface area (TPSA) is 77.1 Å². The van der Waals surface area contributed by atoms with E-state index in [0.717, 1.165) is 0 Å². The third kappa shape index (κ3) is 8.75. The van der Waals surface area contributed by atoms with Gasteiger partial charge in [0.2, 0.25) is 5.91 Å². The van der Waals surface area contributed by atoms with Crippen LogP contribution in [-0.2, 0) is 19.0 Å². The number of likely N-dealkylation sites (tertiary alicyclic amines) is 1. The molecule has 7 heteroatoms. The van der Waals surface area contributed by atoms with Gasteiger partial charge >= 0.3 is 6.09 Å². The number of rotatable bonds is 9. The quantitative estimate of drug-likeness (QED) is 0.501. The van der Waals surface area contributed by atoms with Crippen molar-refractivity contribution in [2.24, 2.45) is 5.92 Å². The molecule has 1 atom stereocenters. The Balaban J connectivity index is 1.92. The molecule has 0 spiro atoms. The standard InChI is InChI=1S/C17H28N2O5/c1-5-14-12-15(20)19(13-14)7-9-23-11-10-22-8-6-18-16(21)24-17(2,3)4/h1,14H,6-13H2,2-4H3,(H,18,21). The minimum absolute atomic E-state index is 0.0262. The molecule has 1 aliphatic rings. The average Bonchev–Trinajstić information content (AvgIpc) is 2.84. The molecule has 0 aromatic heterocycles. The fourth-order valence-corrected chi connectivity index (χ4v) is 2.14. The molecule has 1 heterocycles. The maximum absolute atomic E-state index is 11.6. The van der Waals surface area contributed by atoms with Gasteiger partial charge in [0.05, 0.1) is 26.4 Å². The Morgan fingerprint density at radius 2 is 1.96 bits per heavy atom. The lowest BCUT2D eigenvalue weighted by atomic mass is 10.1. The summed E-state index contributed by atoms with van der Waals surface area (Å²) in [5.41, 5.74) is -0.504. The summed E-state index contributed by atoms with van der Waals surface area (Å²) in [6.45, 7) is 8.69. The van der Waals surface area contributed by atoms with Crippen molar-refractivity contribution < 1.29 is 23.8 Å². The predicted octanol–water partition coefficient (Wildman–Crippen LogP) is 1.03. The molecule has 0 aliphatic carbocycles.